The van der Waals surface area contributed by atoms with E-state index in [2.05, 4.69) is 25.1 Å². The molecule has 1 aliphatic heterocycles. The summed E-state index contributed by atoms with van der Waals surface area (Å²) >= 11 is -4.41. The zero-order chi connectivity index (χ0) is 31.8. The van der Waals surface area contributed by atoms with Crippen LogP contribution in [-0.2, 0) is 30.2 Å². The second-order valence-electron chi connectivity index (χ2n) is 11.7. The van der Waals surface area contributed by atoms with E-state index in [0.717, 1.165) is 38.5 Å². The molecule has 2 atom stereocenters. The van der Waals surface area contributed by atoms with E-state index in [9.17, 15) is 26.3 Å². The normalized spacial score (nSPS) is 17.3. The number of halogens is 8. The van der Waals surface area contributed by atoms with Crippen LogP contribution >= 0.6 is 17.0 Å². The van der Waals surface area contributed by atoms with E-state index in [-0.39, 0.29) is 21.2 Å². The van der Waals surface area contributed by atoms with Crippen molar-refractivity contribution in [3.8, 4) is 22.3 Å². The molecule has 2 aliphatic rings. The number of alkyl halides is 6. The number of fused-ring (bicyclic) bond motifs is 4. The first-order chi connectivity index (χ1) is 20.6. The van der Waals surface area contributed by atoms with Crippen LogP contribution in [0.25, 0.3) is 28.3 Å². The standard InChI is InChI=1S/C22H19F6.C12H9Si.2ClH.Zr/c1-4-12(2)15-7-14-6-5-13(3)20(19(14)10-15)16-8-17(21(23,24)25)11-18(9-16)22(26,27)28;1-3-7-11-9(5-1)10-6-2-4-8-12(10)13-11;;;/h5-12H,4H2,1-3H3;1-7H,13H2;2*1H;/q;;;;+2/p-2. The SMILES string of the molecule is CCC(C)C1=Cc2c(ccc(C)c2-c2cc(C(F)(F)F)cc(C(F)(F)F)c2)[CH]1[Zr]([Cl])([Cl])[c]1cccc2c1[SiH2]c1ccccc1-2. The van der Waals surface area contributed by atoms with Gasteiger partial charge in [0.15, 0.2) is 0 Å². The summed E-state index contributed by atoms with van der Waals surface area (Å²) in [5, 5.41) is 2.57. The van der Waals surface area contributed by atoms with Crippen LogP contribution in [0.4, 0.5) is 26.3 Å². The summed E-state index contributed by atoms with van der Waals surface area (Å²) in [6.45, 7) is 5.82. The van der Waals surface area contributed by atoms with E-state index in [1.807, 2.05) is 43.3 Å². The van der Waals surface area contributed by atoms with Crippen LogP contribution in [0.5, 0.6) is 0 Å². The van der Waals surface area contributed by atoms with Crippen LogP contribution in [0.3, 0.4) is 0 Å². The molecular weight excluding hydrogens is 713 g/mol. The Morgan fingerprint density at radius 1 is 0.841 bits per heavy atom. The summed E-state index contributed by atoms with van der Waals surface area (Å²) in [6.07, 6.45) is -7.19. The van der Waals surface area contributed by atoms with Crippen molar-refractivity contribution in [2.24, 2.45) is 5.92 Å². The van der Waals surface area contributed by atoms with Gasteiger partial charge in [0.2, 0.25) is 0 Å². The summed E-state index contributed by atoms with van der Waals surface area (Å²) in [6, 6.07) is 19.9. The van der Waals surface area contributed by atoms with Crippen molar-refractivity contribution >= 4 is 46.3 Å². The van der Waals surface area contributed by atoms with Crippen LogP contribution in [0, 0.1) is 12.8 Å². The average molecular weight is 741 g/mol. The van der Waals surface area contributed by atoms with Crippen molar-refractivity contribution in [2.45, 2.75) is 43.2 Å². The predicted octanol–water partition coefficient (Wildman–Crippen LogP) is 9.07. The number of benzene rings is 4. The van der Waals surface area contributed by atoms with Crippen molar-refractivity contribution in [2.75, 3.05) is 0 Å². The van der Waals surface area contributed by atoms with Crippen molar-refractivity contribution in [1.29, 1.82) is 0 Å². The van der Waals surface area contributed by atoms with E-state index in [1.54, 1.807) is 13.0 Å². The van der Waals surface area contributed by atoms with Gasteiger partial charge in [0.1, 0.15) is 0 Å². The number of allylic oxidation sites excluding steroid dienone is 1. The molecule has 0 N–H and O–H groups in total. The van der Waals surface area contributed by atoms with Crippen LogP contribution in [0.2, 0.25) is 0 Å². The second kappa shape index (κ2) is 11.3. The van der Waals surface area contributed by atoms with Gasteiger partial charge in [0.05, 0.1) is 0 Å². The third kappa shape index (κ3) is 5.38. The van der Waals surface area contributed by atoms with Gasteiger partial charge in [0.25, 0.3) is 0 Å². The first-order valence-corrected chi connectivity index (χ1v) is 24.8. The number of hydrogen-bond donors (Lipinski definition) is 0. The Kier molecular flexibility index (Phi) is 8.17. The minimum atomic E-state index is -4.95. The maximum atomic E-state index is 13.9. The van der Waals surface area contributed by atoms with Gasteiger partial charge in [-0.05, 0) is 0 Å². The topological polar surface area (TPSA) is 0 Å². The molecule has 6 rings (SSSR count). The van der Waals surface area contributed by atoms with E-state index in [1.165, 1.54) is 15.9 Å². The number of aryl methyl sites for hydroxylation is 1. The monoisotopic (exact) mass is 738 g/mol. The fraction of sp³-hybridized carbons (Fsp3) is 0.235. The second-order valence-corrected chi connectivity index (χ2v) is 27.6. The number of hydrogen-bond acceptors (Lipinski definition) is 0. The van der Waals surface area contributed by atoms with Gasteiger partial charge in [-0.2, -0.15) is 0 Å². The Hall–Kier alpha value is -2.12. The summed E-state index contributed by atoms with van der Waals surface area (Å²) in [5.74, 6) is 0.0487. The van der Waals surface area contributed by atoms with Crippen molar-refractivity contribution in [1.82, 2.24) is 0 Å². The molecule has 44 heavy (non-hydrogen) atoms. The van der Waals surface area contributed by atoms with Crippen LogP contribution in [0.15, 0.2) is 78.4 Å². The summed E-state index contributed by atoms with van der Waals surface area (Å²) in [5.41, 5.74) is 2.86. The molecule has 1 aliphatic carbocycles. The fourth-order valence-corrected chi connectivity index (χ4v) is 23.7. The molecule has 0 nitrogen and oxygen atoms in total. The van der Waals surface area contributed by atoms with Crippen LogP contribution in [0.1, 0.15) is 51.7 Å². The van der Waals surface area contributed by atoms with Gasteiger partial charge < -0.3 is 0 Å². The quantitative estimate of drug-likeness (QED) is 0.125. The van der Waals surface area contributed by atoms with E-state index >= 15 is 0 Å². The Labute approximate surface area is 266 Å². The van der Waals surface area contributed by atoms with E-state index < -0.39 is 50.9 Å². The maximum absolute atomic E-state index is 13.9. The molecule has 1 heterocycles. The Bertz CT molecular complexity index is 1790. The summed E-state index contributed by atoms with van der Waals surface area (Å²) < 4.78 is 83.8. The molecule has 4 aromatic rings. The Morgan fingerprint density at radius 2 is 1.48 bits per heavy atom. The molecule has 0 radical (unpaired) electrons. The first kappa shape index (κ1) is 31.8. The van der Waals surface area contributed by atoms with Gasteiger partial charge >= 0.3 is 268 Å². The molecule has 0 saturated carbocycles. The molecular formula is C34H28Cl2F6SiZr. The first-order valence-electron chi connectivity index (χ1n) is 14.4. The third-order valence-electron chi connectivity index (χ3n) is 9.07. The van der Waals surface area contributed by atoms with Crippen molar-refractivity contribution in [3.05, 3.63) is 106 Å². The molecule has 0 amide bonds. The summed E-state index contributed by atoms with van der Waals surface area (Å²) in [4.78, 5) is 0. The molecule has 0 aromatic heterocycles. The van der Waals surface area contributed by atoms with E-state index in [0.29, 0.717) is 16.7 Å². The predicted molar refractivity (Wildman–Crippen MR) is 168 cm³/mol. The van der Waals surface area contributed by atoms with E-state index in [4.69, 9.17) is 17.0 Å². The molecule has 0 fully saturated rings. The third-order valence-corrected chi connectivity index (χ3v) is 23.3. The average Bonchev–Trinajstić information content (AvgIpc) is 3.54. The fourth-order valence-electron chi connectivity index (χ4n) is 6.76. The van der Waals surface area contributed by atoms with Gasteiger partial charge in [-0.3, -0.25) is 0 Å². The zero-order valence-electron chi connectivity index (χ0n) is 24.1. The van der Waals surface area contributed by atoms with Gasteiger partial charge in [-0.25, -0.2) is 0 Å². The molecule has 0 spiro atoms. The van der Waals surface area contributed by atoms with Gasteiger partial charge in [-0.15, -0.1) is 0 Å². The molecule has 0 saturated heterocycles. The minimum absolute atomic E-state index is 0.0487. The van der Waals surface area contributed by atoms with Crippen LogP contribution in [-0.4, -0.2) is 9.52 Å². The Morgan fingerprint density at radius 3 is 2.11 bits per heavy atom. The van der Waals surface area contributed by atoms with Crippen molar-refractivity contribution < 1.29 is 44.2 Å². The van der Waals surface area contributed by atoms with Gasteiger partial charge in [-0.1, -0.05) is 0 Å². The molecule has 2 unspecified atom stereocenters. The Balaban J connectivity index is 1.57. The number of rotatable bonds is 5. The molecule has 4 aromatic carbocycles. The summed E-state index contributed by atoms with van der Waals surface area (Å²) in [7, 11) is 14.5. The van der Waals surface area contributed by atoms with Gasteiger partial charge in [0, 0.05) is 0 Å². The molecule has 228 valence electrons. The van der Waals surface area contributed by atoms with Crippen LogP contribution < -0.4 is 13.6 Å². The molecule has 10 heteroatoms. The molecule has 0 bridgehead atoms. The van der Waals surface area contributed by atoms with Crippen molar-refractivity contribution in [3.63, 3.8) is 0 Å². The zero-order valence-corrected chi connectivity index (χ0v) is 29.5.